The summed E-state index contributed by atoms with van der Waals surface area (Å²) in [5.74, 6) is -0.719. The highest BCUT2D eigenvalue weighted by Crippen LogP contribution is 2.25. The van der Waals surface area contributed by atoms with Crippen molar-refractivity contribution >= 4 is 29.3 Å². The summed E-state index contributed by atoms with van der Waals surface area (Å²) < 4.78 is 0. The molecule has 1 atom stereocenters. The number of thiophene rings is 1. The highest BCUT2D eigenvalue weighted by atomic mass is 32.1. The predicted octanol–water partition coefficient (Wildman–Crippen LogP) is 2.08. The van der Waals surface area contributed by atoms with Gasteiger partial charge in [0.05, 0.1) is 4.88 Å². The number of piperidine rings is 1. The average molecular weight is 309 g/mol. The van der Waals surface area contributed by atoms with Gasteiger partial charge in [0.25, 0.3) is 5.91 Å². The summed E-state index contributed by atoms with van der Waals surface area (Å²) in [7, 11) is 0. The van der Waals surface area contributed by atoms with Crippen molar-refractivity contribution in [3.05, 3.63) is 28.0 Å². The maximum Gasteiger partial charge on any atom is 0.328 e. The molecule has 0 spiro atoms. The normalized spacial score (nSPS) is 19.1. The number of rotatable bonds is 5. The van der Waals surface area contributed by atoms with E-state index in [0.717, 1.165) is 31.9 Å². The maximum absolute atomic E-state index is 12.6. The molecule has 5 nitrogen and oxygen atoms in total. The third kappa shape index (κ3) is 4.15. The number of carboxylic acids is 1. The van der Waals surface area contributed by atoms with E-state index in [0.29, 0.717) is 22.9 Å². The maximum atomic E-state index is 12.6. The SMILES string of the molecule is O=C(O)/C=C/c1ccsc1C(=O)N1CCCC(CCO)C1. The average Bonchev–Trinajstić information content (AvgIpc) is 2.93. The Morgan fingerprint density at radius 2 is 2.29 bits per heavy atom. The van der Waals surface area contributed by atoms with Crippen molar-refractivity contribution in [1.82, 2.24) is 4.90 Å². The number of aliphatic carboxylic acids is 1. The molecule has 1 aromatic rings. The number of hydrogen-bond donors (Lipinski definition) is 2. The van der Waals surface area contributed by atoms with Gasteiger partial charge in [-0.05, 0) is 48.3 Å². The molecule has 0 aliphatic carbocycles. The van der Waals surface area contributed by atoms with E-state index in [-0.39, 0.29) is 12.5 Å². The van der Waals surface area contributed by atoms with Crippen molar-refractivity contribution in [3.63, 3.8) is 0 Å². The van der Waals surface area contributed by atoms with Crippen LogP contribution in [0.3, 0.4) is 0 Å². The number of likely N-dealkylation sites (tertiary alicyclic amines) is 1. The van der Waals surface area contributed by atoms with Gasteiger partial charge in [-0.25, -0.2) is 4.79 Å². The Kier molecular flexibility index (Phi) is 5.52. The van der Waals surface area contributed by atoms with Crippen molar-refractivity contribution in [1.29, 1.82) is 0 Å². The summed E-state index contributed by atoms with van der Waals surface area (Å²) in [5, 5.41) is 19.5. The lowest BCUT2D eigenvalue weighted by molar-refractivity contribution is -0.131. The molecule has 1 amide bonds. The van der Waals surface area contributed by atoms with E-state index in [9.17, 15) is 9.59 Å². The number of amides is 1. The number of hydrogen-bond acceptors (Lipinski definition) is 4. The fourth-order valence-corrected chi connectivity index (χ4v) is 3.45. The van der Waals surface area contributed by atoms with Crippen LogP contribution in [0.15, 0.2) is 17.5 Å². The first-order valence-electron chi connectivity index (χ1n) is 7.00. The second-order valence-corrected chi connectivity index (χ2v) is 6.06. The lowest BCUT2D eigenvalue weighted by Crippen LogP contribution is -2.40. The Bertz CT molecular complexity index is 536. The van der Waals surface area contributed by atoms with Crippen LogP contribution in [0.4, 0.5) is 0 Å². The summed E-state index contributed by atoms with van der Waals surface area (Å²) in [4.78, 5) is 25.6. The van der Waals surface area contributed by atoms with Gasteiger partial charge >= 0.3 is 5.97 Å². The molecule has 1 aliphatic rings. The van der Waals surface area contributed by atoms with Gasteiger partial charge in [-0.15, -0.1) is 11.3 Å². The molecule has 1 unspecified atom stereocenters. The second-order valence-electron chi connectivity index (χ2n) is 5.15. The van der Waals surface area contributed by atoms with E-state index in [1.165, 1.54) is 17.4 Å². The molecular weight excluding hydrogens is 290 g/mol. The number of nitrogens with zero attached hydrogens (tertiary/aromatic N) is 1. The number of carboxylic acid groups (broad SMARTS) is 1. The first-order chi connectivity index (χ1) is 10.1. The molecule has 1 saturated heterocycles. The monoisotopic (exact) mass is 309 g/mol. The van der Waals surface area contributed by atoms with E-state index in [1.54, 1.807) is 11.4 Å². The largest absolute Gasteiger partial charge is 0.478 e. The third-order valence-corrected chi connectivity index (χ3v) is 4.56. The standard InChI is InChI=1S/C15H19NO4S/c17-8-5-11-2-1-7-16(10-11)15(20)14-12(6-9-21-14)3-4-13(18)19/h3-4,6,9,11,17H,1-2,5,7-8,10H2,(H,18,19)/b4-3+. The van der Waals surface area contributed by atoms with Crippen LogP contribution in [0.5, 0.6) is 0 Å². The molecule has 2 heterocycles. The van der Waals surface area contributed by atoms with E-state index >= 15 is 0 Å². The Morgan fingerprint density at radius 3 is 3.00 bits per heavy atom. The molecule has 1 aliphatic heterocycles. The lowest BCUT2D eigenvalue weighted by Gasteiger charge is -2.32. The minimum absolute atomic E-state index is 0.0438. The predicted molar refractivity (Wildman–Crippen MR) is 81.3 cm³/mol. The van der Waals surface area contributed by atoms with Crippen LogP contribution in [0.1, 0.15) is 34.5 Å². The molecule has 2 N–H and O–H groups in total. The number of carbonyl (C=O) groups is 2. The minimum Gasteiger partial charge on any atom is -0.478 e. The van der Waals surface area contributed by atoms with Crippen molar-refractivity contribution in [3.8, 4) is 0 Å². The van der Waals surface area contributed by atoms with Crippen LogP contribution < -0.4 is 0 Å². The Hall–Kier alpha value is -1.66. The van der Waals surface area contributed by atoms with E-state index in [4.69, 9.17) is 10.2 Å². The molecule has 0 saturated carbocycles. The van der Waals surface area contributed by atoms with Crippen LogP contribution in [-0.4, -0.2) is 46.7 Å². The van der Waals surface area contributed by atoms with Crippen LogP contribution in [0.25, 0.3) is 6.08 Å². The van der Waals surface area contributed by atoms with Gasteiger partial charge in [-0.2, -0.15) is 0 Å². The molecule has 0 bridgehead atoms. The molecule has 2 rings (SSSR count). The van der Waals surface area contributed by atoms with Crippen LogP contribution in [-0.2, 0) is 4.79 Å². The van der Waals surface area contributed by atoms with Gasteiger partial charge in [-0.1, -0.05) is 0 Å². The molecule has 1 fully saturated rings. The summed E-state index contributed by atoms with van der Waals surface area (Å²) in [5.41, 5.74) is 0.650. The minimum atomic E-state index is -1.03. The quantitative estimate of drug-likeness (QED) is 0.816. The van der Waals surface area contributed by atoms with Crippen molar-refractivity contribution in [2.24, 2.45) is 5.92 Å². The van der Waals surface area contributed by atoms with Crippen LogP contribution in [0.2, 0.25) is 0 Å². The Morgan fingerprint density at radius 1 is 1.48 bits per heavy atom. The molecule has 0 radical (unpaired) electrons. The zero-order chi connectivity index (χ0) is 15.2. The first-order valence-corrected chi connectivity index (χ1v) is 7.88. The number of aliphatic hydroxyl groups is 1. The fourth-order valence-electron chi connectivity index (χ4n) is 2.60. The van der Waals surface area contributed by atoms with Gasteiger partial charge in [0.1, 0.15) is 0 Å². The number of aliphatic hydroxyl groups excluding tert-OH is 1. The molecule has 114 valence electrons. The summed E-state index contributed by atoms with van der Waals surface area (Å²) in [6.07, 6.45) is 5.22. The van der Waals surface area contributed by atoms with Gasteiger partial charge in [-0.3, -0.25) is 4.79 Å². The molecule has 1 aromatic heterocycles. The van der Waals surface area contributed by atoms with Crippen molar-refractivity contribution in [2.45, 2.75) is 19.3 Å². The topological polar surface area (TPSA) is 77.8 Å². The number of carbonyl (C=O) groups excluding carboxylic acids is 1. The molecule has 21 heavy (non-hydrogen) atoms. The summed E-state index contributed by atoms with van der Waals surface area (Å²) in [6.45, 7) is 1.54. The second kappa shape index (κ2) is 7.38. The van der Waals surface area contributed by atoms with Gasteiger partial charge in [0, 0.05) is 25.8 Å². The van der Waals surface area contributed by atoms with Crippen molar-refractivity contribution < 1.29 is 19.8 Å². The molecule has 6 heteroatoms. The first kappa shape index (κ1) is 15.7. The fraction of sp³-hybridized carbons (Fsp3) is 0.467. The van der Waals surface area contributed by atoms with E-state index < -0.39 is 5.97 Å². The van der Waals surface area contributed by atoms with E-state index in [2.05, 4.69) is 0 Å². The van der Waals surface area contributed by atoms with Crippen LogP contribution >= 0.6 is 11.3 Å². The zero-order valence-electron chi connectivity index (χ0n) is 11.7. The Balaban J connectivity index is 2.09. The summed E-state index contributed by atoms with van der Waals surface area (Å²) in [6, 6.07) is 1.76. The lowest BCUT2D eigenvalue weighted by atomic mass is 9.95. The van der Waals surface area contributed by atoms with Crippen LogP contribution in [0, 0.1) is 5.92 Å². The summed E-state index contributed by atoms with van der Waals surface area (Å²) >= 11 is 1.33. The zero-order valence-corrected chi connectivity index (χ0v) is 12.5. The molecule has 0 aromatic carbocycles. The van der Waals surface area contributed by atoms with E-state index in [1.807, 2.05) is 4.90 Å². The van der Waals surface area contributed by atoms with Gasteiger partial charge in [0.2, 0.25) is 0 Å². The smallest absolute Gasteiger partial charge is 0.328 e. The third-order valence-electron chi connectivity index (χ3n) is 3.64. The van der Waals surface area contributed by atoms with Gasteiger partial charge < -0.3 is 15.1 Å². The Labute approximate surface area is 127 Å². The van der Waals surface area contributed by atoms with Gasteiger partial charge in [0.15, 0.2) is 0 Å². The van der Waals surface area contributed by atoms with Crippen molar-refractivity contribution in [2.75, 3.05) is 19.7 Å². The highest BCUT2D eigenvalue weighted by molar-refractivity contribution is 7.12. The highest BCUT2D eigenvalue weighted by Gasteiger charge is 2.25. The molecular formula is C15H19NO4S.